The van der Waals surface area contributed by atoms with E-state index in [2.05, 4.69) is 0 Å². The molecule has 2 N–H and O–H groups in total. The van der Waals surface area contributed by atoms with E-state index < -0.39 is 10.0 Å². The van der Waals surface area contributed by atoms with Crippen LogP contribution in [-0.4, -0.2) is 20.7 Å². The highest BCUT2D eigenvalue weighted by atomic mass is 32.2. The smallest absolute Gasteiger partial charge is 0.262 e. The summed E-state index contributed by atoms with van der Waals surface area (Å²) in [5, 5.41) is 8.62. The van der Waals surface area contributed by atoms with Crippen molar-refractivity contribution in [3.63, 3.8) is 0 Å². The lowest BCUT2D eigenvalue weighted by molar-refractivity contribution is 0.242. The molecule has 0 aliphatic heterocycles. The van der Waals surface area contributed by atoms with Crippen LogP contribution in [0, 0.1) is 0 Å². The highest BCUT2D eigenvalue weighted by Crippen LogP contribution is 2.24. The summed E-state index contributed by atoms with van der Waals surface area (Å²) in [5.74, 6) is 0.726. The summed E-state index contributed by atoms with van der Waals surface area (Å²) < 4.78 is 28.1. The van der Waals surface area contributed by atoms with Crippen molar-refractivity contribution < 1.29 is 18.4 Å². The Hall–Kier alpha value is -1.89. The minimum absolute atomic E-state index is 0.00307. The van der Waals surface area contributed by atoms with Crippen molar-refractivity contribution in [1.29, 1.82) is 0 Å². The van der Waals surface area contributed by atoms with Crippen molar-refractivity contribution in [3.05, 3.63) is 48.5 Å². The van der Waals surface area contributed by atoms with E-state index in [-0.39, 0.29) is 4.90 Å². The molecule has 0 heterocycles. The summed E-state index contributed by atoms with van der Waals surface area (Å²) in [6.45, 7) is 0. The molecule has 0 aromatic heterocycles. The molecule has 2 rings (SSSR count). The minimum Gasteiger partial charge on any atom is -0.497 e. The van der Waals surface area contributed by atoms with Gasteiger partial charge in [0.1, 0.15) is 5.75 Å². The maximum Gasteiger partial charge on any atom is 0.262 e. The molecule has 0 aliphatic rings. The van der Waals surface area contributed by atoms with Crippen LogP contribution in [-0.2, 0) is 10.0 Å². The highest BCUT2D eigenvalue weighted by molar-refractivity contribution is 7.89. The largest absolute Gasteiger partial charge is 0.497 e. The van der Waals surface area contributed by atoms with Gasteiger partial charge in [0.05, 0.1) is 12.0 Å². The minimum atomic E-state index is -3.86. The van der Waals surface area contributed by atoms with Gasteiger partial charge < -0.3 is 9.94 Å². The molecule has 0 saturated heterocycles. The van der Waals surface area contributed by atoms with Gasteiger partial charge in [0.25, 0.3) is 10.0 Å². The molecular weight excluding hydrogens is 266 g/mol. The van der Waals surface area contributed by atoms with Gasteiger partial charge in [0.15, 0.2) is 0 Å². The first-order valence-corrected chi connectivity index (χ1v) is 6.95. The molecule has 0 unspecified atom stereocenters. The second-order valence-corrected chi connectivity index (χ2v) is 5.51. The van der Waals surface area contributed by atoms with Crippen LogP contribution in [0.1, 0.15) is 0 Å². The Morgan fingerprint density at radius 3 is 2.32 bits per heavy atom. The zero-order chi connectivity index (χ0) is 13.9. The van der Waals surface area contributed by atoms with E-state index in [1.54, 1.807) is 31.4 Å². The summed E-state index contributed by atoms with van der Waals surface area (Å²) in [5.41, 5.74) is 1.59. The Bertz CT molecular complexity index is 665. The third kappa shape index (κ3) is 2.93. The topological polar surface area (TPSA) is 75.6 Å². The van der Waals surface area contributed by atoms with E-state index in [1.165, 1.54) is 17.0 Å². The van der Waals surface area contributed by atoms with E-state index in [4.69, 9.17) is 9.94 Å². The lowest BCUT2D eigenvalue weighted by Crippen LogP contribution is -2.19. The fourth-order valence-electron chi connectivity index (χ4n) is 1.68. The van der Waals surface area contributed by atoms with Crippen LogP contribution in [0.15, 0.2) is 53.4 Å². The van der Waals surface area contributed by atoms with Crippen LogP contribution in [0.5, 0.6) is 5.75 Å². The van der Waals surface area contributed by atoms with Gasteiger partial charge in [-0.15, -0.1) is 0 Å². The Morgan fingerprint density at radius 1 is 1.05 bits per heavy atom. The fourth-order valence-corrected chi connectivity index (χ4v) is 2.32. The summed E-state index contributed by atoms with van der Waals surface area (Å²) >= 11 is 0. The maximum atomic E-state index is 11.5. The van der Waals surface area contributed by atoms with Crippen LogP contribution in [0.4, 0.5) is 0 Å². The molecule has 0 radical (unpaired) electrons. The maximum absolute atomic E-state index is 11.5. The number of hydrogen-bond donors (Lipinski definition) is 2. The molecule has 2 aromatic carbocycles. The number of benzene rings is 2. The summed E-state index contributed by atoms with van der Waals surface area (Å²) in [6, 6.07) is 13.5. The number of nitrogens with one attached hydrogen (secondary N) is 1. The normalized spacial score (nSPS) is 11.3. The van der Waals surface area contributed by atoms with Crippen molar-refractivity contribution in [1.82, 2.24) is 4.89 Å². The molecule has 0 saturated carbocycles. The average Bonchev–Trinajstić information content (AvgIpc) is 2.47. The van der Waals surface area contributed by atoms with Crippen LogP contribution >= 0.6 is 0 Å². The van der Waals surface area contributed by atoms with Crippen LogP contribution < -0.4 is 9.62 Å². The van der Waals surface area contributed by atoms with Crippen molar-refractivity contribution in [3.8, 4) is 16.9 Å². The molecule has 6 heteroatoms. The van der Waals surface area contributed by atoms with Gasteiger partial charge in [0.2, 0.25) is 0 Å². The monoisotopic (exact) mass is 279 g/mol. The first-order chi connectivity index (χ1) is 9.06. The number of hydrogen-bond acceptors (Lipinski definition) is 4. The van der Waals surface area contributed by atoms with Gasteiger partial charge in [0, 0.05) is 0 Å². The van der Waals surface area contributed by atoms with Gasteiger partial charge in [-0.2, -0.15) is 0 Å². The summed E-state index contributed by atoms with van der Waals surface area (Å²) in [6.07, 6.45) is 0. The molecule has 100 valence electrons. The van der Waals surface area contributed by atoms with Gasteiger partial charge in [-0.05, 0) is 35.4 Å². The molecule has 0 fully saturated rings. The quantitative estimate of drug-likeness (QED) is 0.840. The predicted molar refractivity (Wildman–Crippen MR) is 70.5 cm³/mol. The number of sulfonamides is 1. The van der Waals surface area contributed by atoms with Crippen LogP contribution in [0.25, 0.3) is 11.1 Å². The molecule has 0 aliphatic carbocycles. The molecule has 0 spiro atoms. The molecule has 0 atom stereocenters. The number of rotatable bonds is 4. The predicted octanol–water partition coefficient (Wildman–Crippen LogP) is 2.03. The molecular formula is C13H13NO4S. The van der Waals surface area contributed by atoms with Gasteiger partial charge in [-0.3, -0.25) is 0 Å². The van der Waals surface area contributed by atoms with Gasteiger partial charge in [-0.25, -0.2) is 8.42 Å². The first-order valence-electron chi connectivity index (χ1n) is 5.47. The lowest BCUT2D eigenvalue weighted by atomic mass is 10.1. The fraction of sp³-hybridized carbons (Fsp3) is 0.0769. The molecule has 5 nitrogen and oxygen atoms in total. The second kappa shape index (κ2) is 5.40. The van der Waals surface area contributed by atoms with E-state index in [0.717, 1.165) is 16.9 Å². The summed E-state index contributed by atoms with van der Waals surface area (Å²) in [7, 11) is -2.28. The Balaban J connectivity index is 2.43. The van der Waals surface area contributed by atoms with Gasteiger partial charge >= 0.3 is 0 Å². The highest BCUT2D eigenvalue weighted by Gasteiger charge is 2.12. The Labute approximate surface area is 111 Å². The van der Waals surface area contributed by atoms with Crippen molar-refractivity contribution in [2.24, 2.45) is 0 Å². The van der Waals surface area contributed by atoms with E-state index in [0.29, 0.717) is 0 Å². The molecule has 0 amide bonds. The SMILES string of the molecule is COc1ccc(-c2cccc(S(=O)(=O)NO)c2)cc1. The molecule has 19 heavy (non-hydrogen) atoms. The third-order valence-electron chi connectivity index (χ3n) is 2.69. The molecule has 0 bridgehead atoms. The zero-order valence-corrected chi connectivity index (χ0v) is 11.0. The zero-order valence-electron chi connectivity index (χ0n) is 10.2. The van der Waals surface area contributed by atoms with E-state index >= 15 is 0 Å². The lowest BCUT2D eigenvalue weighted by Gasteiger charge is -2.06. The Kier molecular flexibility index (Phi) is 3.84. The van der Waals surface area contributed by atoms with Crippen molar-refractivity contribution >= 4 is 10.0 Å². The van der Waals surface area contributed by atoms with E-state index in [9.17, 15) is 8.42 Å². The van der Waals surface area contributed by atoms with Crippen molar-refractivity contribution in [2.45, 2.75) is 4.90 Å². The number of methoxy groups -OCH3 is 1. The molecule has 2 aromatic rings. The standard InChI is InChI=1S/C13H13NO4S/c1-18-12-7-5-10(6-8-12)11-3-2-4-13(9-11)19(16,17)14-15/h2-9,14-15H,1H3. The van der Waals surface area contributed by atoms with Crippen molar-refractivity contribution in [2.75, 3.05) is 7.11 Å². The van der Waals surface area contributed by atoms with Gasteiger partial charge in [-0.1, -0.05) is 29.2 Å². The van der Waals surface area contributed by atoms with Crippen LogP contribution in [0.2, 0.25) is 0 Å². The third-order valence-corrected chi connectivity index (χ3v) is 3.80. The van der Waals surface area contributed by atoms with E-state index in [1.807, 2.05) is 12.1 Å². The number of ether oxygens (including phenoxy) is 1. The Morgan fingerprint density at radius 2 is 1.74 bits per heavy atom. The average molecular weight is 279 g/mol. The first kappa shape index (κ1) is 13.5. The van der Waals surface area contributed by atoms with Crippen LogP contribution in [0.3, 0.4) is 0 Å². The summed E-state index contributed by atoms with van der Waals surface area (Å²) in [4.78, 5) is 1.31. The second-order valence-electron chi connectivity index (χ2n) is 3.85.